The molecule has 0 fully saturated rings. The number of thiocarbonyl (C=S) groups is 1. The van der Waals surface area contributed by atoms with E-state index in [0.717, 1.165) is 0 Å². The molecule has 0 aliphatic carbocycles. The molecule has 6 heteroatoms. The van der Waals surface area contributed by atoms with Crippen LogP contribution >= 0.6 is 12.2 Å². The van der Waals surface area contributed by atoms with Crippen LogP contribution in [0.1, 0.15) is 5.56 Å². The zero-order valence-corrected chi connectivity index (χ0v) is 12.9. The second kappa shape index (κ2) is 7.61. The third-order valence-electron chi connectivity index (χ3n) is 2.87. The number of hydrogen-bond donors (Lipinski definition) is 1. The third kappa shape index (κ3) is 4.33. The van der Waals surface area contributed by atoms with E-state index in [9.17, 15) is 4.39 Å². The van der Waals surface area contributed by atoms with Crippen LogP contribution < -0.4 is 19.9 Å². The Bertz CT molecular complexity index is 646. The van der Waals surface area contributed by atoms with Gasteiger partial charge in [0.15, 0.2) is 11.5 Å². The number of benzene rings is 2. The van der Waals surface area contributed by atoms with Gasteiger partial charge in [0.2, 0.25) is 0 Å². The van der Waals surface area contributed by atoms with Gasteiger partial charge in [0.25, 0.3) is 0 Å². The van der Waals surface area contributed by atoms with Crippen LogP contribution in [-0.2, 0) is 0 Å². The van der Waals surface area contributed by atoms with Gasteiger partial charge in [-0.05, 0) is 42.5 Å². The second-order valence-corrected chi connectivity index (χ2v) is 4.82. The number of nitrogens with two attached hydrogens (primary N) is 1. The Morgan fingerprint density at radius 1 is 1.05 bits per heavy atom. The molecule has 0 unspecified atom stereocenters. The molecular formula is C16H16FNO3S. The Morgan fingerprint density at radius 3 is 2.36 bits per heavy atom. The molecule has 4 nitrogen and oxygen atoms in total. The maximum Gasteiger partial charge on any atom is 0.161 e. The molecule has 2 rings (SSSR count). The average Bonchev–Trinajstić information content (AvgIpc) is 2.53. The monoisotopic (exact) mass is 321 g/mol. The Labute approximate surface area is 133 Å². The zero-order chi connectivity index (χ0) is 15.9. The van der Waals surface area contributed by atoms with Gasteiger partial charge in [-0.2, -0.15) is 0 Å². The summed E-state index contributed by atoms with van der Waals surface area (Å²) in [5, 5.41) is 0. The van der Waals surface area contributed by atoms with Crippen molar-refractivity contribution in [3.63, 3.8) is 0 Å². The maximum absolute atomic E-state index is 12.8. The zero-order valence-electron chi connectivity index (χ0n) is 12.0. The fourth-order valence-corrected chi connectivity index (χ4v) is 1.91. The van der Waals surface area contributed by atoms with Gasteiger partial charge in [-0.3, -0.25) is 0 Å². The first-order valence-corrected chi connectivity index (χ1v) is 7.00. The highest BCUT2D eigenvalue weighted by molar-refractivity contribution is 7.80. The van der Waals surface area contributed by atoms with Crippen LogP contribution in [0, 0.1) is 5.82 Å². The molecule has 0 saturated heterocycles. The fourth-order valence-electron chi connectivity index (χ4n) is 1.78. The molecule has 0 spiro atoms. The van der Waals surface area contributed by atoms with Gasteiger partial charge in [-0.25, -0.2) is 4.39 Å². The van der Waals surface area contributed by atoms with Gasteiger partial charge < -0.3 is 19.9 Å². The van der Waals surface area contributed by atoms with Crippen LogP contribution in [0.5, 0.6) is 17.2 Å². The topological polar surface area (TPSA) is 53.7 Å². The van der Waals surface area contributed by atoms with Crippen molar-refractivity contribution in [2.45, 2.75) is 0 Å². The second-order valence-electron chi connectivity index (χ2n) is 4.38. The predicted octanol–water partition coefficient (Wildman–Crippen LogP) is 2.93. The standard InChI is InChI=1S/C16H16FNO3S/c1-19-15-10-11(16(18)22)2-7-14(15)21-9-8-20-13-5-3-12(17)4-6-13/h2-7,10H,8-9H2,1H3,(H2,18,22). The number of rotatable bonds is 7. The van der Waals surface area contributed by atoms with Gasteiger partial charge >= 0.3 is 0 Å². The molecule has 0 aliphatic rings. The molecule has 2 aromatic carbocycles. The predicted molar refractivity (Wildman–Crippen MR) is 86.3 cm³/mol. The molecule has 0 heterocycles. The summed E-state index contributed by atoms with van der Waals surface area (Å²) in [6.45, 7) is 0.645. The molecule has 0 radical (unpaired) electrons. The van der Waals surface area contributed by atoms with E-state index in [1.807, 2.05) is 0 Å². The van der Waals surface area contributed by atoms with E-state index in [2.05, 4.69) is 0 Å². The van der Waals surface area contributed by atoms with Crippen molar-refractivity contribution >= 4 is 17.2 Å². The number of halogens is 1. The molecule has 2 aromatic rings. The molecule has 116 valence electrons. The van der Waals surface area contributed by atoms with E-state index < -0.39 is 0 Å². The summed E-state index contributed by atoms with van der Waals surface area (Å²) in [6, 6.07) is 11.0. The van der Waals surface area contributed by atoms with E-state index >= 15 is 0 Å². The van der Waals surface area contributed by atoms with Crippen molar-refractivity contribution < 1.29 is 18.6 Å². The first-order chi connectivity index (χ1) is 10.6. The Kier molecular flexibility index (Phi) is 5.55. The average molecular weight is 321 g/mol. The summed E-state index contributed by atoms with van der Waals surface area (Å²) in [4.78, 5) is 0.296. The molecular weight excluding hydrogens is 305 g/mol. The first kappa shape index (κ1) is 16.0. The highest BCUT2D eigenvalue weighted by Gasteiger charge is 2.07. The lowest BCUT2D eigenvalue weighted by atomic mass is 10.2. The number of hydrogen-bond acceptors (Lipinski definition) is 4. The lowest BCUT2D eigenvalue weighted by Crippen LogP contribution is -2.11. The van der Waals surface area contributed by atoms with Gasteiger partial charge in [0.1, 0.15) is 29.8 Å². The van der Waals surface area contributed by atoms with Crippen LogP contribution in [0.15, 0.2) is 42.5 Å². The minimum Gasteiger partial charge on any atom is -0.493 e. The first-order valence-electron chi connectivity index (χ1n) is 6.59. The van der Waals surface area contributed by atoms with Crippen LogP contribution in [0.3, 0.4) is 0 Å². The van der Waals surface area contributed by atoms with Gasteiger partial charge in [0.05, 0.1) is 7.11 Å². The summed E-state index contributed by atoms with van der Waals surface area (Å²) in [7, 11) is 1.54. The summed E-state index contributed by atoms with van der Waals surface area (Å²) in [5.74, 6) is 1.41. The SMILES string of the molecule is COc1cc(C(N)=S)ccc1OCCOc1ccc(F)cc1. The molecule has 0 aliphatic heterocycles. The fraction of sp³-hybridized carbons (Fsp3) is 0.188. The van der Waals surface area contributed by atoms with Gasteiger partial charge in [-0.15, -0.1) is 0 Å². The lowest BCUT2D eigenvalue weighted by Gasteiger charge is -2.12. The Hall–Kier alpha value is -2.34. The Balaban J connectivity index is 1.88. The van der Waals surface area contributed by atoms with Crippen molar-refractivity contribution in [2.24, 2.45) is 5.73 Å². The summed E-state index contributed by atoms with van der Waals surface area (Å²) in [5.41, 5.74) is 6.28. The molecule has 0 bridgehead atoms. The molecule has 2 N–H and O–H groups in total. The van der Waals surface area contributed by atoms with Gasteiger partial charge in [-0.1, -0.05) is 12.2 Å². The van der Waals surface area contributed by atoms with E-state index in [1.54, 1.807) is 37.4 Å². The van der Waals surface area contributed by atoms with E-state index in [0.29, 0.717) is 41.0 Å². The smallest absolute Gasteiger partial charge is 0.161 e. The quantitative estimate of drug-likeness (QED) is 0.628. The van der Waals surface area contributed by atoms with E-state index in [1.165, 1.54) is 12.1 Å². The summed E-state index contributed by atoms with van der Waals surface area (Å²) in [6.07, 6.45) is 0. The van der Waals surface area contributed by atoms with Crippen LogP contribution in [0.25, 0.3) is 0 Å². The van der Waals surface area contributed by atoms with Crippen molar-refractivity contribution in [1.82, 2.24) is 0 Å². The Morgan fingerprint density at radius 2 is 1.73 bits per heavy atom. The number of ether oxygens (including phenoxy) is 3. The highest BCUT2D eigenvalue weighted by Crippen LogP contribution is 2.28. The van der Waals surface area contributed by atoms with E-state index in [-0.39, 0.29) is 5.82 Å². The van der Waals surface area contributed by atoms with Gasteiger partial charge in [0, 0.05) is 5.56 Å². The molecule has 0 aromatic heterocycles. The van der Waals surface area contributed by atoms with Crippen molar-refractivity contribution in [1.29, 1.82) is 0 Å². The largest absolute Gasteiger partial charge is 0.493 e. The van der Waals surface area contributed by atoms with Crippen molar-refractivity contribution in [3.8, 4) is 17.2 Å². The highest BCUT2D eigenvalue weighted by atomic mass is 32.1. The maximum atomic E-state index is 12.8. The van der Waals surface area contributed by atoms with Crippen molar-refractivity contribution in [2.75, 3.05) is 20.3 Å². The normalized spacial score (nSPS) is 10.1. The number of methoxy groups -OCH3 is 1. The molecule has 0 saturated carbocycles. The minimum absolute atomic E-state index is 0.296. The molecule has 0 atom stereocenters. The van der Waals surface area contributed by atoms with Crippen molar-refractivity contribution in [3.05, 3.63) is 53.8 Å². The minimum atomic E-state index is -0.300. The van der Waals surface area contributed by atoms with Crippen LogP contribution in [0.4, 0.5) is 4.39 Å². The molecule has 0 amide bonds. The summed E-state index contributed by atoms with van der Waals surface area (Å²) >= 11 is 4.92. The van der Waals surface area contributed by atoms with Crippen LogP contribution in [0.2, 0.25) is 0 Å². The summed E-state index contributed by atoms with van der Waals surface area (Å²) < 4.78 is 29.0. The van der Waals surface area contributed by atoms with Crippen LogP contribution in [-0.4, -0.2) is 25.3 Å². The van der Waals surface area contributed by atoms with E-state index in [4.69, 9.17) is 32.2 Å². The third-order valence-corrected chi connectivity index (χ3v) is 3.11. The lowest BCUT2D eigenvalue weighted by molar-refractivity contribution is 0.211. The molecule has 22 heavy (non-hydrogen) atoms.